The standard InChI is InChI=1S/C9H5BrFNO/c10-7-3-6(1-2-8(7)11)9-4-12-5-13-9/h1-5H. The molecule has 0 spiro atoms. The Morgan fingerprint density at radius 1 is 1.38 bits per heavy atom. The average molecular weight is 242 g/mol. The molecular formula is C9H5BrFNO. The average Bonchev–Trinajstić information content (AvgIpc) is 2.62. The second-order valence-corrected chi connectivity index (χ2v) is 3.35. The van der Waals surface area contributed by atoms with Crippen LogP contribution < -0.4 is 0 Å². The number of rotatable bonds is 1. The molecule has 2 aromatic rings. The van der Waals surface area contributed by atoms with Crippen molar-refractivity contribution in [2.45, 2.75) is 0 Å². The van der Waals surface area contributed by atoms with E-state index in [0.29, 0.717) is 10.2 Å². The normalized spacial score (nSPS) is 10.3. The molecule has 2 rings (SSSR count). The molecule has 13 heavy (non-hydrogen) atoms. The highest BCUT2D eigenvalue weighted by Crippen LogP contribution is 2.24. The SMILES string of the molecule is Fc1ccc(-c2cnco2)cc1Br. The summed E-state index contributed by atoms with van der Waals surface area (Å²) in [6.45, 7) is 0. The zero-order valence-corrected chi connectivity index (χ0v) is 8.08. The summed E-state index contributed by atoms with van der Waals surface area (Å²) in [4.78, 5) is 3.77. The highest BCUT2D eigenvalue weighted by atomic mass is 79.9. The predicted molar refractivity (Wildman–Crippen MR) is 49.6 cm³/mol. The van der Waals surface area contributed by atoms with E-state index in [2.05, 4.69) is 20.9 Å². The van der Waals surface area contributed by atoms with E-state index in [1.807, 2.05) is 0 Å². The van der Waals surface area contributed by atoms with Crippen LogP contribution in [-0.2, 0) is 0 Å². The van der Waals surface area contributed by atoms with Gasteiger partial charge in [-0.3, -0.25) is 0 Å². The Bertz CT molecular complexity index is 414. The molecular weight excluding hydrogens is 237 g/mol. The van der Waals surface area contributed by atoms with Crippen molar-refractivity contribution in [1.29, 1.82) is 0 Å². The van der Waals surface area contributed by atoms with Gasteiger partial charge in [-0.2, -0.15) is 0 Å². The first-order chi connectivity index (χ1) is 6.27. The van der Waals surface area contributed by atoms with Gasteiger partial charge in [0.2, 0.25) is 0 Å². The van der Waals surface area contributed by atoms with Crippen molar-refractivity contribution in [3.8, 4) is 11.3 Å². The van der Waals surface area contributed by atoms with Gasteiger partial charge >= 0.3 is 0 Å². The fraction of sp³-hybridized carbons (Fsp3) is 0. The molecule has 0 radical (unpaired) electrons. The minimum absolute atomic E-state index is 0.289. The molecule has 66 valence electrons. The molecule has 1 heterocycles. The Kier molecular flexibility index (Phi) is 2.14. The van der Waals surface area contributed by atoms with Gasteiger partial charge in [-0.15, -0.1) is 0 Å². The van der Waals surface area contributed by atoms with Crippen molar-refractivity contribution >= 4 is 15.9 Å². The minimum atomic E-state index is -0.289. The first kappa shape index (κ1) is 8.44. The largest absolute Gasteiger partial charge is 0.444 e. The van der Waals surface area contributed by atoms with Crippen LogP contribution in [0.2, 0.25) is 0 Å². The third-order valence-corrected chi connectivity index (χ3v) is 2.24. The Balaban J connectivity index is 2.49. The predicted octanol–water partition coefficient (Wildman–Crippen LogP) is 3.24. The number of benzene rings is 1. The van der Waals surface area contributed by atoms with Crippen LogP contribution in [0.1, 0.15) is 0 Å². The van der Waals surface area contributed by atoms with Crippen LogP contribution in [0, 0.1) is 5.82 Å². The Labute approximate surface area is 82.5 Å². The van der Waals surface area contributed by atoms with Gasteiger partial charge in [0.25, 0.3) is 0 Å². The maximum absolute atomic E-state index is 12.8. The third-order valence-electron chi connectivity index (χ3n) is 1.64. The summed E-state index contributed by atoms with van der Waals surface area (Å²) in [7, 11) is 0. The van der Waals surface area contributed by atoms with E-state index < -0.39 is 0 Å². The summed E-state index contributed by atoms with van der Waals surface area (Å²) in [5, 5.41) is 0. The molecule has 0 amide bonds. The molecule has 0 aliphatic heterocycles. The van der Waals surface area contributed by atoms with Crippen molar-refractivity contribution in [1.82, 2.24) is 4.98 Å². The van der Waals surface area contributed by atoms with Gasteiger partial charge in [-0.05, 0) is 34.1 Å². The second-order valence-electron chi connectivity index (χ2n) is 2.49. The number of nitrogens with zero attached hydrogens (tertiary/aromatic N) is 1. The zero-order chi connectivity index (χ0) is 9.26. The monoisotopic (exact) mass is 241 g/mol. The Morgan fingerprint density at radius 2 is 2.23 bits per heavy atom. The molecule has 0 saturated carbocycles. The third kappa shape index (κ3) is 1.62. The van der Waals surface area contributed by atoms with Gasteiger partial charge < -0.3 is 4.42 Å². The molecule has 0 aliphatic rings. The van der Waals surface area contributed by atoms with E-state index in [-0.39, 0.29) is 5.82 Å². The molecule has 0 bridgehead atoms. The summed E-state index contributed by atoms with van der Waals surface area (Å²) in [6.07, 6.45) is 2.92. The lowest BCUT2D eigenvalue weighted by Crippen LogP contribution is -1.78. The van der Waals surface area contributed by atoms with Crippen LogP contribution in [0.5, 0.6) is 0 Å². The molecule has 1 aromatic carbocycles. The highest BCUT2D eigenvalue weighted by Gasteiger charge is 2.04. The van der Waals surface area contributed by atoms with Gasteiger partial charge in [0, 0.05) is 5.56 Å². The second kappa shape index (κ2) is 3.30. The molecule has 1 aromatic heterocycles. The fourth-order valence-corrected chi connectivity index (χ4v) is 1.39. The number of hydrogen-bond donors (Lipinski definition) is 0. The number of halogens is 2. The van der Waals surface area contributed by atoms with Gasteiger partial charge in [0.1, 0.15) is 5.82 Å². The van der Waals surface area contributed by atoms with Crippen LogP contribution in [-0.4, -0.2) is 4.98 Å². The van der Waals surface area contributed by atoms with Crippen LogP contribution in [0.15, 0.2) is 39.7 Å². The smallest absolute Gasteiger partial charge is 0.181 e. The fourth-order valence-electron chi connectivity index (χ4n) is 1.01. The minimum Gasteiger partial charge on any atom is -0.444 e. The quantitative estimate of drug-likeness (QED) is 0.767. The number of aromatic nitrogens is 1. The van der Waals surface area contributed by atoms with Gasteiger partial charge in [0.05, 0.1) is 10.7 Å². The van der Waals surface area contributed by atoms with Crippen LogP contribution >= 0.6 is 15.9 Å². The Hall–Kier alpha value is -1.16. The molecule has 4 heteroatoms. The van der Waals surface area contributed by atoms with Crippen molar-refractivity contribution < 1.29 is 8.81 Å². The molecule has 0 aliphatic carbocycles. The van der Waals surface area contributed by atoms with Crippen LogP contribution in [0.4, 0.5) is 4.39 Å². The van der Waals surface area contributed by atoms with E-state index >= 15 is 0 Å². The van der Waals surface area contributed by atoms with Crippen molar-refractivity contribution in [2.24, 2.45) is 0 Å². The summed E-state index contributed by atoms with van der Waals surface area (Å²) < 4.78 is 18.3. The molecule has 0 N–H and O–H groups in total. The molecule has 2 nitrogen and oxygen atoms in total. The number of oxazole rings is 1. The summed E-state index contributed by atoms with van der Waals surface area (Å²) in [6, 6.07) is 4.67. The summed E-state index contributed by atoms with van der Waals surface area (Å²) >= 11 is 3.09. The Morgan fingerprint density at radius 3 is 2.85 bits per heavy atom. The van der Waals surface area contributed by atoms with E-state index in [0.717, 1.165) is 5.56 Å². The molecule has 0 atom stereocenters. The van der Waals surface area contributed by atoms with E-state index in [1.54, 1.807) is 18.3 Å². The zero-order valence-electron chi connectivity index (χ0n) is 6.50. The van der Waals surface area contributed by atoms with Crippen LogP contribution in [0.25, 0.3) is 11.3 Å². The first-order valence-electron chi connectivity index (χ1n) is 3.61. The lowest BCUT2D eigenvalue weighted by atomic mass is 10.2. The summed E-state index contributed by atoms with van der Waals surface area (Å²) in [5.41, 5.74) is 0.797. The number of hydrogen-bond acceptors (Lipinski definition) is 2. The molecule has 0 saturated heterocycles. The van der Waals surface area contributed by atoms with Crippen molar-refractivity contribution in [3.05, 3.63) is 41.1 Å². The van der Waals surface area contributed by atoms with Gasteiger partial charge in [0.15, 0.2) is 12.2 Å². The van der Waals surface area contributed by atoms with E-state index in [9.17, 15) is 4.39 Å². The maximum Gasteiger partial charge on any atom is 0.181 e. The lowest BCUT2D eigenvalue weighted by molar-refractivity contribution is 0.571. The highest BCUT2D eigenvalue weighted by molar-refractivity contribution is 9.10. The molecule has 0 unspecified atom stereocenters. The van der Waals surface area contributed by atoms with Crippen molar-refractivity contribution in [2.75, 3.05) is 0 Å². The topological polar surface area (TPSA) is 26.0 Å². The summed E-state index contributed by atoms with van der Waals surface area (Å²) in [5.74, 6) is 0.337. The maximum atomic E-state index is 12.8. The van der Waals surface area contributed by atoms with E-state index in [4.69, 9.17) is 4.42 Å². The lowest BCUT2D eigenvalue weighted by Gasteiger charge is -1.97. The van der Waals surface area contributed by atoms with Gasteiger partial charge in [-0.25, -0.2) is 9.37 Å². The van der Waals surface area contributed by atoms with Crippen molar-refractivity contribution in [3.63, 3.8) is 0 Å². The van der Waals surface area contributed by atoms with Gasteiger partial charge in [-0.1, -0.05) is 0 Å². The van der Waals surface area contributed by atoms with E-state index in [1.165, 1.54) is 12.5 Å². The van der Waals surface area contributed by atoms with Crippen LogP contribution in [0.3, 0.4) is 0 Å². The molecule has 0 fully saturated rings. The first-order valence-corrected chi connectivity index (χ1v) is 4.40.